The van der Waals surface area contributed by atoms with E-state index in [1.807, 2.05) is 6.26 Å². The molecule has 0 aliphatic carbocycles. The van der Waals surface area contributed by atoms with Gasteiger partial charge >= 0.3 is 5.97 Å². The quantitative estimate of drug-likeness (QED) is 0.407. The van der Waals surface area contributed by atoms with Crippen LogP contribution in [-0.4, -0.2) is 29.3 Å². The van der Waals surface area contributed by atoms with Gasteiger partial charge in [0.25, 0.3) is 0 Å². The van der Waals surface area contributed by atoms with Crippen molar-refractivity contribution >= 4 is 17.7 Å². The van der Waals surface area contributed by atoms with Gasteiger partial charge in [-0.1, -0.05) is 0 Å². The number of carbonyl (C=O) groups excluding carboxylic acids is 1. The third-order valence-electron chi connectivity index (χ3n) is 1.47. The SMILES string of the molecule is COC(=O)c1cnc(C)nc1SC. The summed E-state index contributed by atoms with van der Waals surface area (Å²) in [6.45, 7) is 1.78. The van der Waals surface area contributed by atoms with Crippen LogP contribution in [0.15, 0.2) is 11.2 Å². The molecule has 5 heteroatoms. The number of aromatic nitrogens is 2. The molecule has 0 aliphatic rings. The Balaban J connectivity index is 3.13. The van der Waals surface area contributed by atoms with Gasteiger partial charge in [-0.15, -0.1) is 11.8 Å². The molecule has 0 atom stereocenters. The molecule has 0 saturated heterocycles. The molecule has 4 nitrogen and oxygen atoms in total. The first-order valence-corrected chi connectivity index (χ1v) is 4.87. The Kier molecular flexibility index (Phi) is 3.25. The summed E-state index contributed by atoms with van der Waals surface area (Å²) >= 11 is 1.40. The highest BCUT2D eigenvalue weighted by Crippen LogP contribution is 2.17. The molecule has 0 aromatic carbocycles. The molecule has 0 saturated carbocycles. The third-order valence-corrected chi connectivity index (χ3v) is 2.17. The van der Waals surface area contributed by atoms with Gasteiger partial charge in [0.05, 0.1) is 7.11 Å². The van der Waals surface area contributed by atoms with Crippen molar-refractivity contribution in [3.05, 3.63) is 17.6 Å². The summed E-state index contributed by atoms with van der Waals surface area (Å²) in [6, 6.07) is 0. The van der Waals surface area contributed by atoms with Gasteiger partial charge in [-0.3, -0.25) is 0 Å². The number of aryl methyl sites for hydroxylation is 1. The number of methoxy groups -OCH3 is 1. The molecule has 0 amide bonds. The van der Waals surface area contributed by atoms with E-state index in [-0.39, 0.29) is 0 Å². The summed E-state index contributed by atoms with van der Waals surface area (Å²) in [7, 11) is 1.34. The zero-order valence-electron chi connectivity index (χ0n) is 7.70. The Hall–Kier alpha value is -1.10. The van der Waals surface area contributed by atoms with Gasteiger partial charge in [0, 0.05) is 6.20 Å². The number of carbonyl (C=O) groups is 1. The van der Waals surface area contributed by atoms with Gasteiger partial charge in [0.2, 0.25) is 0 Å². The lowest BCUT2D eigenvalue weighted by Crippen LogP contribution is -2.06. The summed E-state index contributed by atoms with van der Waals surface area (Å²) in [5.74, 6) is 0.251. The maximum atomic E-state index is 11.2. The fourth-order valence-electron chi connectivity index (χ4n) is 0.855. The number of thioether (sulfide) groups is 1. The molecule has 0 N–H and O–H groups in total. The average molecular weight is 198 g/mol. The number of hydrogen-bond acceptors (Lipinski definition) is 5. The lowest BCUT2D eigenvalue weighted by molar-refractivity contribution is 0.0595. The van der Waals surface area contributed by atoms with E-state index in [4.69, 9.17) is 0 Å². The van der Waals surface area contributed by atoms with Crippen LogP contribution in [0.5, 0.6) is 0 Å². The van der Waals surface area contributed by atoms with Crippen LogP contribution in [0.4, 0.5) is 0 Å². The van der Waals surface area contributed by atoms with Crippen LogP contribution in [0.25, 0.3) is 0 Å². The Morgan fingerprint density at radius 2 is 2.31 bits per heavy atom. The Morgan fingerprint density at radius 3 is 2.85 bits per heavy atom. The van der Waals surface area contributed by atoms with Crippen molar-refractivity contribution in [3.8, 4) is 0 Å². The van der Waals surface area contributed by atoms with Crippen molar-refractivity contribution in [1.82, 2.24) is 9.97 Å². The fraction of sp³-hybridized carbons (Fsp3) is 0.375. The largest absolute Gasteiger partial charge is 0.465 e. The van der Waals surface area contributed by atoms with Gasteiger partial charge in [-0.2, -0.15) is 0 Å². The van der Waals surface area contributed by atoms with E-state index in [2.05, 4.69) is 14.7 Å². The molecule has 1 aromatic rings. The molecular formula is C8H10N2O2S. The third kappa shape index (κ3) is 2.18. The molecule has 13 heavy (non-hydrogen) atoms. The summed E-state index contributed by atoms with van der Waals surface area (Å²) < 4.78 is 4.59. The van der Waals surface area contributed by atoms with Crippen LogP contribution in [0.2, 0.25) is 0 Å². The normalized spacial score (nSPS) is 9.77. The molecule has 0 spiro atoms. The number of nitrogens with zero attached hydrogens (tertiary/aromatic N) is 2. The van der Waals surface area contributed by atoms with E-state index in [0.29, 0.717) is 16.4 Å². The highest BCUT2D eigenvalue weighted by Gasteiger charge is 2.12. The summed E-state index contributed by atoms with van der Waals surface area (Å²) in [5.41, 5.74) is 0.417. The second kappa shape index (κ2) is 4.23. The maximum Gasteiger partial charge on any atom is 0.342 e. The van der Waals surface area contributed by atoms with Crippen molar-refractivity contribution in [2.24, 2.45) is 0 Å². The van der Waals surface area contributed by atoms with Crippen LogP contribution < -0.4 is 0 Å². The highest BCUT2D eigenvalue weighted by molar-refractivity contribution is 7.98. The lowest BCUT2D eigenvalue weighted by atomic mass is 10.3. The van der Waals surface area contributed by atoms with Crippen molar-refractivity contribution < 1.29 is 9.53 Å². The molecule has 0 unspecified atom stereocenters. The molecule has 1 rings (SSSR count). The topological polar surface area (TPSA) is 52.1 Å². The highest BCUT2D eigenvalue weighted by atomic mass is 32.2. The minimum Gasteiger partial charge on any atom is -0.465 e. The minimum atomic E-state index is -0.399. The van der Waals surface area contributed by atoms with Crippen LogP contribution in [0.3, 0.4) is 0 Å². The van der Waals surface area contributed by atoms with Crippen LogP contribution in [0.1, 0.15) is 16.2 Å². The molecule has 0 fully saturated rings. The Bertz CT molecular complexity index is 328. The van der Waals surface area contributed by atoms with E-state index in [0.717, 1.165) is 0 Å². The number of ether oxygens (including phenoxy) is 1. The monoisotopic (exact) mass is 198 g/mol. The first-order valence-electron chi connectivity index (χ1n) is 3.65. The summed E-state index contributed by atoms with van der Waals surface area (Å²) in [6.07, 6.45) is 3.34. The lowest BCUT2D eigenvalue weighted by Gasteiger charge is -2.03. The van der Waals surface area contributed by atoms with Gasteiger partial charge in [-0.05, 0) is 13.2 Å². The molecule has 0 aliphatic heterocycles. The van der Waals surface area contributed by atoms with Crippen molar-refractivity contribution in [1.29, 1.82) is 0 Å². The first kappa shape index (κ1) is 9.98. The molecule has 1 heterocycles. The van der Waals surface area contributed by atoms with Gasteiger partial charge in [0.15, 0.2) is 0 Å². The van der Waals surface area contributed by atoms with Crippen LogP contribution >= 0.6 is 11.8 Å². The zero-order valence-corrected chi connectivity index (χ0v) is 8.51. The van der Waals surface area contributed by atoms with Gasteiger partial charge in [-0.25, -0.2) is 14.8 Å². The smallest absolute Gasteiger partial charge is 0.342 e. The summed E-state index contributed by atoms with van der Waals surface area (Å²) in [5, 5.41) is 0.652. The molecule has 70 valence electrons. The van der Waals surface area contributed by atoms with Gasteiger partial charge in [0.1, 0.15) is 16.4 Å². The van der Waals surface area contributed by atoms with Crippen LogP contribution in [0, 0.1) is 6.92 Å². The fourth-order valence-corrected chi connectivity index (χ4v) is 1.43. The van der Waals surface area contributed by atoms with E-state index < -0.39 is 5.97 Å². The minimum absolute atomic E-state index is 0.399. The number of esters is 1. The van der Waals surface area contributed by atoms with E-state index in [9.17, 15) is 4.79 Å². The molecular weight excluding hydrogens is 188 g/mol. The molecule has 1 aromatic heterocycles. The van der Waals surface area contributed by atoms with Gasteiger partial charge < -0.3 is 4.74 Å². The second-order valence-electron chi connectivity index (χ2n) is 2.33. The second-order valence-corrected chi connectivity index (χ2v) is 3.13. The number of hydrogen-bond donors (Lipinski definition) is 0. The average Bonchev–Trinajstić information content (AvgIpc) is 2.16. The van der Waals surface area contributed by atoms with Crippen molar-refractivity contribution in [3.63, 3.8) is 0 Å². The first-order chi connectivity index (χ1) is 6.19. The van der Waals surface area contributed by atoms with E-state index in [1.165, 1.54) is 25.1 Å². The zero-order chi connectivity index (χ0) is 9.84. The summed E-state index contributed by atoms with van der Waals surface area (Å²) in [4.78, 5) is 19.2. The predicted molar refractivity (Wildman–Crippen MR) is 49.9 cm³/mol. The predicted octanol–water partition coefficient (Wildman–Crippen LogP) is 1.29. The van der Waals surface area contributed by atoms with Crippen molar-refractivity contribution in [2.45, 2.75) is 11.9 Å². The molecule has 0 radical (unpaired) electrons. The van der Waals surface area contributed by atoms with E-state index >= 15 is 0 Å². The Labute approximate surface area is 80.7 Å². The Morgan fingerprint density at radius 1 is 1.62 bits per heavy atom. The van der Waals surface area contributed by atoms with Crippen LogP contribution in [-0.2, 0) is 4.74 Å². The molecule has 0 bridgehead atoms. The van der Waals surface area contributed by atoms with E-state index in [1.54, 1.807) is 6.92 Å². The number of rotatable bonds is 2. The standard InChI is InChI=1S/C8H10N2O2S/c1-5-9-4-6(8(11)12-2)7(10-5)13-3/h4H,1-3H3. The van der Waals surface area contributed by atoms with Crippen molar-refractivity contribution in [2.75, 3.05) is 13.4 Å². The maximum absolute atomic E-state index is 11.2.